The van der Waals surface area contributed by atoms with E-state index in [0.717, 1.165) is 25.7 Å². The number of carbonyl (C=O) groups is 1. The maximum absolute atomic E-state index is 10.0. The molecule has 0 aromatic rings. The van der Waals surface area contributed by atoms with Gasteiger partial charge in [0, 0.05) is 0 Å². The summed E-state index contributed by atoms with van der Waals surface area (Å²) in [5.74, 6) is 0. The van der Waals surface area contributed by atoms with Gasteiger partial charge in [0.2, 0.25) is 0 Å². The lowest BCUT2D eigenvalue weighted by molar-refractivity contribution is 0.0902. The van der Waals surface area contributed by atoms with Gasteiger partial charge >= 0.3 is 6.16 Å². The van der Waals surface area contributed by atoms with E-state index < -0.39 is 6.16 Å². The standard InChI is InChI=1S/C15H22O3/c1-2-3-4-5-6-7-8-9-10-11-12-13-14-18-15(16)17/h3-10H,2,11-14H2,1H3,(H,16,17). The van der Waals surface area contributed by atoms with E-state index in [-0.39, 0.29) is 6.61 Å². The van der Waals surface area contributed by atoms with E-state index in [1.54, 1.807) is 0 Å². The molecule has 0 aliphatic carbocycles. The molecule has 0 aliphatic rings. The highest BCUT2D eigenvalue weighted by molar-refractivity contribution is 5.56. The van der Waals surface area contributed by atoms with Crippen molar-refractivity contribution in [2.24, 2.45) is 0 Å². The lowest BCUT2D eigenvalue weighted by Gasteiger charge is -1.97. The molecule has 0 aromatic carbocycles. The van der Waals surface area contributed by atoms with Crippen molar-refractivity contribution >= 4 is 6.16 Å². The highest BCUT2D eigenvalue weighted by Gasteiger charge is 1.93. The molecule has 0 radical (unpaired) electrons. The molecule has 0 atom stereocenters. The van der Waals surface area contributed by atoms with Gasteiger partial charge in [0.15, 0.2) is 0 Å². The number of hydrogen-bond donors (Lipinski definition) is 1. The van der Waals surface area contributed by atoms with Gasteiger partial charge in [-0.15, -0.1) is 0 Å². The van der Waals surface area contributed by atoms with Gasteiger partial charge < -0.3 is 9.84 Å². The summed E-state index contributed by atoms with van der Waals surface area (Å²) in [5, 5.41) is 8.23. The molecule has 0 aliphatic heterocycles. The van der Waals surface area contributed by atoms with Crippen molar-refractivity contribution in [2.75, 3.05) is 6.61 Å². The highest BCUT2D eigenvalue weighted by atomic mass is 16.7. The summed E-state index contributed by atoms with van der Waals surface area (Å²) in [5.41, 5.74) is 0. The summed E-state index contributed by atoms with van der Waals surface area (Å²) in [4.78, 5) is 10.0. The lowest BCUT2D eigenvalue weighted by atomic mass is 10.2. The molecule has 0 rings (SSSR count). The van der Waals surface area contributed by atoms with Crippen LogP contribution in [0.15, 0.2) is 48.6 Å². The van der Waals surface area contributed by atoms with Gasteiger partial charge in [-0.3, -0.25) is 0 Å². The minimum absolute atomic E-state index is 0.283. The van der Waals surface area contributed by atoms with E-state index in [1.807, 2.05) is 36.5 Å². The second kappa shape index (κ2) is 13.3. The van der Waals surface area contributed by atoms with E-state index in [4.69, 9.17) is 5.11 Å². The Bertz CT molecular complexity index is 312. The Labute approximate surface area is 109 Å². The Morgan fingerprint density at radius 1 is 1.00 bits per heavy atom. The Morgan fingerprint density at radius 2 is 1.61 bits per heavy atom. The average molecular weight is 250 g/mol. The third-order valence-electron chi connectivity index (χ3n) is 2.05. The fourth-order valence-electron chi connectivity index (χ4n) is 1.17. The predicted molar refractivity (Wildman–Crippen MR) is 74.7 cm³/mol. The van der Waals surface area contributed by atoms with Crippen molar-refractivity contribution in [2.45, 2.75) is 32.6 Å². The normalized spacial score (nSPS) is 12.3. The Hall–Kier alpha value is -1.77. The van der Waals surface area contributed by atoms with Crippen LogP contribution >= 0.6 is 0 Å². The van der Waals surface area contributed by atoms with Crippen LogP contribution in [0.1, 0.15) is 32.6 Å². The molecule has 0 unspecified atom stereocenters. The number of allylic oxidation sites excluding steroid dienone is 8. The summed E-state index contributed by atoms with van der Waals surface area (Å²) >= 11 is 0. The van der Waals surface area contributed by atoms with Crippen molar-refractivity contribution in [3.05, 3.63) is 48.6 Å². The quantitative estimate of drug-likeness (QED) is 0.372. The van der Waals surface area contributed by atoms with Crippen LogP contribution in [0, 0.1) is 0 Å². The maximum atomic E-state index is 10.0. The molecule has 0 saturated carbocycles. The first-order valence-electron chi connectivity index (χ1n) is 6.28. The summed E-state index contributed by atoms with van der Waals surface area (Å²) < 4.78 is 4.40. The zero-order valence-electron chi connectivity index (χ0n) is 10.9. The maximum Gasteiger partial charge on any atom is 0.505 e. The van der Waals surface area contributed by atoms with E-state index in [2.05, 4.69) is 23.8 Å². The van der Waals surface area contributed by atoms with E-state index >= 15 is 0 Å². The van der Waals surface area contributed by atoms with Crippen molar-refractivity contribution in [1.29, 1.82) is 0 Å². The first-order valence-corrected chi connectivity index (χ1v) is 6.28. The number of hydrogen-bond acceptors (Lipinski definition) is 2. The van der Waals surface area contributed by atoms with Crippen LogP contribution in [-0.2, 0) is 4.74 Å². The molecule has 0 bridgehead atoms. The molecule has 0 amide bonds. The molecule has 0 fully saturated rings. The van der Waals surface area contributed by atoms with Gasteiger partial charge in [0.25, 0.3) is 0 Å². The fourth-order valence-corrected chi connectivity index (χ4v) is 1.17. The third-order valence-corrected chi connectivity index (χ3v) is 2.05. The van der Waals surface area contributed by atoms with Gasteiger partial charge in [-0.05, 0) is 25.7 Å². The molecule has 100 valence electrons. The summed E-state index contributed by atoms with van der Waals surface area (Å²) in [7, 11) is 0. The lowest BCUT2D eigenvalue weighted by Crippen LogP contribution is -2.01. The van der Waals surface area contributed by atoms with Crippen LogP contribution in [0.25, 0.3) is 0 Å². The minimum Gasteiger partial charge on any atom is -0.450 e. The second-order valence-electron chi connectivity index (χ2n) is 3.64. The Morgan fingerprint density at radius 3 is 2.22 bits per heavy atom. The summed E-state index contributed by atoms with van der Waals surface area (Å²) in [6.07, 6.45) is 18.6. The summed E-state index contributed by atoms with van der Waals surface area (Å²) in [6, 6.07) is 0. The number of unbranched alkanes of at least 4 members (excludes halogenated alkanes) is 2. The molecule has 3 heteroatoms. The van der Waals surface area contributed by atoms with Crippen molar-refractivity contribution in [1.82, 2.24) is 0 Å². The van der Waals surface area contributed by atoms with Gasteiger partial charge in [0.1, 0.15) is 0 Å². The van der Waals surface area contributed by atoms with Crippen molar-refractivity contribution in [3.63, 3.8) is 0 Å². The Kier molecular flexibility index (Phi) is 12.0. The largest absolute Gasteiger partial charge is 0.505 e. The molecule has 1 N–H and O–H groups in total. The van der Waals surface area contributed by atoms with Gasteiger partial charge in [-0.2, -0.15) is 0 Å². The second-order valence-corrected chi connectivity index (χ2v) is 3.64. The van der Waals surface area contributed by atoms with Crippen molar-refractivity contribution in [3.8, 4) is 0 Å². The van der Waals surface area contributed by atoms with E-state index in [9.17, 15) is 4.79 Å². The highest BCUT2D eigenvalue weighted by Crippen LogP contribution is 1.97. The SMILES string of the molecule is CCC=CC=CC=CC=CCCCCOC(=O)O. The molecule has 0 aromatic heterocycles. The predicted octanol–water partition coefficient (Wildman–Crippen LogP) is 4.49. The summed E-state index contributed by atoms with van der Waals surface area (Å²) in [6.45, 7) is 2.38. The smallest absolute Gasteiger partial charge is 0.450 e. The zero-order valence-corrected chi connectivity index (χ0v) is 10.9. The molecular formula is C15H22O3. The van der Waals surface area contributed by atoms with Crippen LogP contribution in [0.2, 0.25) is 0 Å². The first kappa shape index (κ1) is 16.2. The topological polar surface area (TPSA) is 46.5 Å². The van der Waals surface area contributed by atoms with E-state index in [0.29, 0.717) is 0 Å². The first-order chi connectivity index (χ1) is 8.77. The van der Waals surface area contributed by atoms with Crippen LogP contribution in [0.5, 0.6) is 0 Å². The molecule has 0 spiro atoms. The van der Waals surface area contributed by atoms with Crippen LogP contribution < -0.4 is 0 Å². The Balaban J connectivity index is 3.42. The molecule has 0 heterocycles. The molecular weight excluding hydrogens is 228 g/mol. The molecule has 3 nitrogen and oxygen atoms in total. The van der Waals surface area contributed by atoms with Gasteiger partial charge in [-0.1, -0.05) is 55.5 Å². The van der Waals surface area contributed by atoms with Crippen molar-refractivity contribution < 1.29 is 14.6 Å². The molecule has 18 heavy (non-hydrogen) atoms. The van der Waals surface area contributed by atoms with Crippen LogP contribution in [-0.4, -0.2) is 17.9 Å². The van der Waals surface area contributed by atoms with Crippen LogP contribution in [0.3, 0.4) is 0 Å². The van der Waals surface area contributed by atoms with Crippen LogP contribution in [0.4, 0.5) is 4.79 Å². The zero-order chi connectivity index (χ0) is 13.5. The third kappa shape index (κ3) is 14.2. The molecule has 0 saturated heterocycles. The van der Waals surface area contributed by atoms with E-state index in [1.165, 1.54) is 0 Å². The average Bonchev–Trinajstić information content (AvgIpc) is 2.34. The minimum atomic E-state index is -1.20. The fraction of sp³-hybridized carbons (Fsp3) is 0.400. The monoisotopic (exact) mass is 250 g/mol. The number of carboxylic acid groups (broad SMARTS) is 1. The number of ether oxygens (including phenoxy) is 1. The number of rotatable bonds is 9. The van der Waals surface area contributed by atoms with Gasteiger partial charge in [0.05, 0.1) is 6.61 Å². The van der Waals surface area contributed by atoms with Gasteiger partial charge in [-0.25, -0.2) is 4.79 Å².